The Balaban J connectivity index is 0.000000583. The molecular weight excluding hydrogens is 259 g/mol. The van der Waals surface area contributed by atoms with E-state index in [1.54, 1.807) is 0 Å². The molecule has 21 heavy (non-hydrogen) atoms. The number of aryl methyl sites for hydroxylation is 2. The van der Waals surface area contributed by atoms with Crippen LogP contribution in [0.4, 0.5) is 0 Å². The van der Waals surface area contributed by atoms with Crippen molar-refractivity contribution >= 4 is 0 Å². The van der Waals surface area contributed by atoms with E-state index in [0.29, 0.717) is 24.9 Å². The van der Waals surface area contributed by atoms with Crippen LogP contribution in [-0.2, 0) is 11.2 Å². The predicted octanol–water partition coefficient (Wildman–Crippen LogP) is 0.487. The van der Waals surface area contributed by atoms with Crippen LogP contribution < -0.4 is 18.9 Å². The molecule has 0 amide bonds. The monoisotopic (exact) mass is 280 g/mol. The summed E-state index contributed by atoms with van der Waals surface area (Å²) in [6.07, 6.45) is 1.51. The van der Waals surface area contributed by atoms with Gasteiger partial charge in [-0.15, -0.1) is 0 Å². The second-order valence-corrected chi connectivity index (χ2v) is 4.09. The quantitative estimate of drug-likeness (QED) is 0.591. The van der Waals surface area contributed by atoms with Crippen LogP contribution in [0.15, 0.2) is 28.8 Å². The summed E-state index contributed by atoms with van der Waals surface area (Å²) in [5.41, 5.74) is 2.21. The maximum atomic E-state index is 5.09. The van der Waals surface area contributed by atoms with Gasteiger partial charge >= 0.3 is 18.9 Å². The number of ether oxygens (including phenoxy) is 1. The number of hydrogen-bond donors (Lipinski definition) is 0. The van der Waals surface area contributed by atoms with Gasteiger partial charge in [-0.05, 0) is 13.3 Å². The van der Waals surface area contributed by atoms with Crippen molar-refractivity contribution in [2.24, 2.45) is 0 Å². The Morgan fingerprint density at radius 3 is 2.19 bits per heavy atom. The van der Waals surface area contributed by atoms with Gasteiger partial charge in [0, 0.05) is 5.56 Å². The van der Waals surface area contributed by atoms with Crippen LogP contribution in [0, 0.1) is 27.7 Å². The van der Waals surface area contributed by atoms with E-state index in [4.69, 9.17) is 4.52 Å². The normalized spacial score (nSPS) is 9.52. The van der Waals surface area contributed by atoms with E-state index < -0.39 is 0 Å². The average Bonchev–Trinajstić information content (AvgIpc) is 2.90. The molecule has 5 heteroatoms. The van der Waals surface area contributed by atoms with Crippen LogP contribution >= 0.6 is 0 Å². The molecule has 0 fully saturated rings. The summed E-state index contributed by atoms with van der Waals surface area (Å²) in [6, 6.07) is 8.06. The molecule has 1 heterocycles. The summed E-state index contributed by atoms with van der Waals surface area (Å²) in [5, 5.41) is 3.92. The molecule has 2 aromatic rings. The van der Waals surface area contributed by atoms with Gasteiger partial charge in [0.15, 0.2) is 0 Å². The Labute approximate surface area is 139 Å². The van der Waals surface area contributed by atoms with Crippen molar-refractivity contribution in [3.05, 3.63) is 56.5 Å². The van der Waals surface area contributed by atoms with Gasteiger partial charge in [-0.3, -0.25) is 0 Å². The first-order chi connectivity index (χ1) is 9.71. The minimum atomic E-state index is 0. The minimum Gasteiger partial charge on any atom is -0.445 e. The summed E-state index contributed by atoms with van der Waals surface area (Å²) in [5.74, 6) is 1.30. The first-order valence-corrected chi connectivity index (χ1v) is 6.56. The van der Waals surface area contributed by atoms with Gasteiger partial charge in [0.05, 0.1) is 0 Å². The fraction of sp³-hybridized carbons (Fsp3) is 0.312. The number of benzene rings is 1. The van der Waals surface area contributed by atoms with Crippen LogP contribution in [0.3, 0.4) is 0 Å². The van der Waals surface area contributed by atoms with Gasteiger partial charge < -0.3 is 30.0 Å². The fourth-order valence-corrected chi connectivity index (χ4v) is 1.43. The summed E-state index contributed by atoms with van der Waals surface area (Å²) in [7, 11) is 0. The van der Waals surface area contributed by atoms with E-state index in [9.17, 15) is 0 Å². The van der Waals surface area contributed by atoms with Crippen molar-refractivity contribution in [1.29, 1.82) is 0 Å². The van der Waals surface area contributed by atoms with Gasteiger partial charge in [0.25, 0.3) is 0 Å². The second kappa shape index (κ2) is 11.6. The number of nitrogens with zero attached hydrogens (tertiary/aromatic N) is 2. The predicted molar refractivity (Wildman–Crippen MR) is 79.7 cm³/mol. The largest absolute Gasteiger partial charge is 1.00 e. The molecule has 0 unspecified atom stereocenters. The molecule has 0 radical (unpaired) electrons. The van der Waals surface area contributed by atoms with Gasteiger partial charge in [-0.2, -0.15) is 11.4 Å². The second-order valence-electron chi connectivity index (χ2n) is 4.09. The molecule has 0 atom stereocenters. The van der Waals surface area contributed by atoms with Gasteiger partial charge in [0.2, 0.25) is 11.7 Å². The molecule has 0 N–H and O–H groups in total. The van der Waals surface area contributed by atoms with E-state index in [2.05, 4.69) is 35.6 Å². The maximum absolute atomic E-state index is 5.09. The SMILES string of the molecule is [CH2-]CCc1nc(-c2ccc(C)cc2)no1.[CH2-]COC[CH2-].[Li+]. The smallest absolute Gasteiger partial charge is 0.445 e. The van der Waals surface area contributed by atoms with Crippen LogP contribution in [0.5, 0.6) is 0 Å². The molecule has 110 valence electrons. The summed E-state index contributed by atoms with van der Waals surface area (Å²) < 4.78 is 9.70. The van der Waals surface area contributed by atoms with Crippen molar-refractivity contribution in [3.8, 4) is 11.4 Å². The van der Waals surface area contributed by atoms with E-state index >= 15 is 0 Å². The molecule has 0 saturated heterocycles. The van der Waals surface area contributed by atoms with Crippen molar-refractivity contribution in [3.63, 3.8) is 0 Å². The fourth-order valence-electron chi connectivity index (χ4n) is 1.43. The summed E-state index contributed by atoms with van der Waals surface area (Å²) >= 11 is 0. The summed E-state index contributed by atoms with van der Waals surface area (Å²) in [6.45, 7) is 13.7. The third kappa shape index (κ3) is 7.47. The van der Waals surface area contributed by atoms with E-state index in [1.165, 1.54) is 5.56 Å². The minimum absolute atomic E-state index is 0. The van der Waals surface area contributed by atoms with Crippen molar-refractivity contribution < 1.29 is 28.1 Å². The van der Waals surface area contributed by atoms with E-state index in [-0.39, 0.29) is 18.9 Å². The van der Waals surface area contributed by atoms with Gasteiger partial charge in [0.1, 0.15) is 0 Å². The first kappa shape index (κ1) is 19.9. The van der Waals surface area contributed by atoms with Gasteiger partial charge in [-0.1, -0.05) is 48.2 Å². The molecule has 0 saturated carbocycles. The molecule has 0 aliphatic carbocycles. The molecule has 0 aliphatic heterocycles. The van der Waals surface area contributed by atoms with Crippen LogP contribution in [0.1, 0.15) is 17.9 Å². The molecule has 0 spiro atoms. The van der Waals surface area contributed by atoms with Crippen LogP contribution in [0.25, 0.3) is 11.4 Å². The molecular formula is C16H21LiN2O2-2. The maximum Gasteiger partial charge on any atom is 1.00 e. The van der Waals surface area contributed by atoms with Crippen LogP contribution in [0.2, 0.25) is 0 Å². The Bertz CT molecular complexity index is 481. The van der Waals surface area contributed by atoms with Gasteiger partial charge in [-0.25, -0.2) is 0 Å². The van der Waals surface area contributed by atoms with Crippen molar-refractivity contribution in [2.75, 3.05) is 13.2 Å². The Hall–Kier alpha value is -1.08. The Morgan fingerprint density at radius 2 is 1.71 bits per heavy atom. The van der Waals surface area contributed by atoms with E-state index in [1.807, 2.05) is 31.2 Å². The Morgan fingerprint density at radius 1 is 1.10 bits per heavy atom. The third-order valence-electron chi connectivity index (χ3n) is 2.46. The van der Waals surface area contributed by atoms with Crippen molar-refractivity contribution in [1.82, 2.24) is 10.1 Å². The number of aromatic nitrogens is 2. The standard InChI is InChI=1S/C12H13N2O.C4H8O.Li/c1-3-4-11-13-12(14-15-11)10-7-5-9(2)6-8-10;1-3-5-4-2;/h5-8H,1,3-4H2,2H3;1-4H2;/q-1;-2;+1. The van der Waals surface area contributed by atoms with Crippen LogP contribution in [-0.4, -0.2) is 23.4 Å². The molecule has 1 aromatic carbocycles. The molecule has 2 rings (SSSR count). The topological polar surface area (TPSA) is 48.2 Å². The molecule has 1 aromatic heterocycles. The average molecular weight is 280 g/mol. The summed E-state index contributed by atoms with van der Waals surface area (Å²) in [4.78, 5) is 4.28. The zero-order valence-corrected chi connectivity index (χ0v) is 13.0. The number of hydrogen-bond acceptors (Lipinski definition) is 4. The Kier molecular flexibility index (Phi) is 11.0. The zero-order valence-electron chi connectivity index (χ0n) is 13.0. The molecule has 0 aliphatic rings. The number of rotatable bonds is 5. The third-order valence-corrected chi connectivity index (χ3v) is 2.46. The van der Waals surface area contributed by atoms with Crippen molar-refractivity contribution in [2.45, 2.75) is 19.8 Å². The molecule has 0 bridgehead atoms. The van der Waals surface area contributed by atoms with E-state index in [0.717, 1.165) is 18.4 Å². The first-order valence-electron chi connectivity index (χ1n) is 6.56. The molecule has 4 nitrogen and oxygen atoms in total. The zero-order chi connectivity index (χ0) is 14.8.